The van der Waals surface area contributed by atoms with Crippen LogP contribution in [0.3, 0.4) is 0 Å². The van der Waals surface area contributed by atoms with Gasteiger partial charge in [-0.25, -0.2) is 4.63 Å². The Morgan fingerprint density at radius 3 is 2.76 bits per heavy atom. The van der Waals surface area contributed by atoms with Crippen molar-refractivity contribution in [3.63, 3.8) is 0 Å². The molecule has 0 saturated carbocycles. The van der Waals surface area contributed by atoms with E-state index in [9.17, 15) is 0 Å². The number of benzene rings is 1. The minimum absolute atomic E-state index is 0.0221. The van der Waals surface area contributed by atoms with Crippen LogP contribution >= 0.6 is 0 Å². The molecule has 108 valence electrons. The zero-order chi connectivity index (χ0) is 14.8. The van der Waals surface area contributed by atoms with Crippen LogP contribution in [-0.4, -0.2) is 28.7 Å². The summed E-state index contributed by atoms with van der Waals surface area (Å²) in [5.74, 6) is 1.46. The monoisotopic (exact) mass is 288 g/mol. The maximum atomic E-state index is 5.71. The van der Waals surface area contributed by atoms with Gasteiger partial charge in [0.2, 0.25) is 6.79 Å². The minimum atomic E-state index is 0.0221. The third-order valence-electron chi connectivity index (χ3n) is 2.85. The van der Waals surface area contributed by atoms with Gasteiger partial charge in [0.25, 0.3) is 0 Å². The van der Waals surface area contributed by atoms with Crippen LogP contribution in [0.15, 0.2) is 33.0 Å². The number of nitrogens with zero attached hydrogens (tertiary/aromatic N) is 4. The number of nitrogen functional groups attached to an aromatic ring is 1. The third kappa shape index (κ3) is 2.48. The molecule has 1 aromatic carbocycles. The molecule has 1 aliphatic rings. The number of nitrogens with two attached hydrogens (primary N) is 2. The lowest BCUT2D eigenvalue weighted by Crippen LogP contribution is -2.15. The second-order valence-corrected chi connectivity index (χ2v) is 4.24. The molecule has 0 unspecified atom stereocenters. The van der Waals surface area contributed by atoms with Gasteiger partial charge >= 0.3 is 0 Å². The smallest absolute Gasteiger partial charge is 0.231 e. The first-order chi connectivity index (χ1) is 10.1. The summed E-state index contributed by atoms with van der Waals surface area (Å²) in [6, 6.07) is 5.48. The van der Waals surface area contributed by atoms with Gasteiger partial charge in [-0.2, -0.15) is 5.10 Å². The standard InChI is InChI=1S/C12H12N6O3/c1-6(7-2-3-8-9(4-7)20-5-19-8)15-16-11(13)10-12(14)18-21-17-10/h2-4H,5H2,1H3,(H2,13,16)(H2,14,18)/b15-6-. The molecule has 0 fully saturated rings. The average Bonchev–Trinajstić information content (AvgIpc) is 3.11. The summed E-state index contributed by atoms with van der Waals surface area (Å²) in [5.41, 5.74) is 12.9. The van der Waals surface area contributed by atoms with Gasteiger partial charge in [-0.05, 0) is 35.4 Å². The number of hydrogen-bond acceptors (Lipinski definition) is 8. The van der Waals surface area contributed by atoms with E-state index in [-0.39, 0.29) is 24.1 Å². The first kappa shape index (κ1) is 12.9. The van der Waals surface area contributed by atoms with Gasteiger partial charge < -0.3 is 20.9 Å². The molecule has 0 radical (unpaired) electrons. The molecule has 0 saturated heterocycles. The summed E-state index contributed by atoms with van der Waals surface area (Å²) in [4.78, 5) is 0. The van der Waals surface area contributed by atoms with Crippen molar-refractivity contribution in [2.45, 2.75) is 6.92 Å². The van der Waals surface area contributed by atoms with Crippen LogP contribution in [0.5, 0.6) is 11.5 Å². The third-order valence-corrected chi connectivity index (χ3v) is 2.85. The second-order valence-electron chi connectivity index (χ2n) is 4.24. The molecule has 0 bridgehead atoms. The molecule has 0 aliphatic carbocycles. The van der Waals surface area contributed by atoms with E-state index in [1.54, 1.807) is 6.92 Å². The molecule has 4 N–H and O–H groups in total. The highest BCUT2D eigenvalue weighted by atomic mass is 16.7. The van der Waals surface area contributed by atoms with Crippen molar-refractivity contribution in [3.05, 3.63) is 29.5 Å². The normalized spacial score (nSPS) is 14.5. The summed E-state index contributed by atoms with van der Waals surface area (Å²) in [7, 11) is 0. The molecule has 3 rings (SSSR count). The Bertz CT molecular complexity index is 736. The second kappa shape index (κ2) is 5.12. The summed E-state index contributed by atoms with van der Waals surface area (Å²) < 4.78 is 15.0. The number of ether oxygens (including phenoxy) is 2. The van der Waals surface area contributed by atoms with Gasteiger partial charge in [0.05, 0.1) is 5.71 Å². The van der Waals surface area contributed by atoms with Crippen LogP contribution in [0.1, 0.15) is 18.2 Å². The first-order valence-electron chi connectivity index (χ1n) is 6.01. The van der Waals surface area contributed by atoms with E-state index in [2.05, 4.69) is 25.1 Å². The highest BCUT2D eigenvalue weighted by Gasteiger charge is 2.14. The quantitative estimate of drug-likeness (QED) is 0.477. The predicted octanol–water partition coefficient (Wildman–Crippen LogP) is 0.510. The van der Waals surface area contributed by atoms with Crippen molar-refractivity contribution < 1.29 is 14.1 Å². The van der Waals surface area contributed by atoms with E-state index in [4.69, 9.17) is 20.9 Å². The molecule has 0 spiro atoms. The van der Waals surface area contributed by atoms with E-state index in [0.29, 0.717) is 17.2 Å². The predicted molar refractivity (Wildman–Crippen MR) is 74.2 cm³/mol. The molecule has 0 amide bonds. The van der Waals surface area contributed by atoms with E-state index in [0.717, 1.165) is 5.56 Å². The highest BCUT2D eigenvalue weighted by Crippen LogP contribution is 2.32. The summed E-state index contributed by atoms with van der Waals surface area (Å²) in [6.45, 7) is 2.01. The Kier molecular flexibility index (Phi) is 3.14. The Morgan fingerprint density at radius 2 is 2.00 bits per heavy atom. The summed E-state index contributed by atoms with van der Waals surface area (Å²) in [6.07, 6.45) is 0. The van der Waals surface area contributed by atoms with Gasteiger partial charge in [-0.3, -0.25) is 0 Å². The molecule has 2 heterocycles. The van der Waals surface area contributed by atoms with Crippen LogP contribution in [0.25, 0.3) is 0 Å². The Balaban J connectivity index is 1.84. The minimum Gasteiger partial charge on any atom is -0.454 e. The number of rotatable bonds is 3. The first-order valence-corrected chi connectivity index (χ1v) is 6.01. The maximum absolute atomic E-state index is 5.71. The molecular formula is C12H12N6O3. The molecule has 9 nitrogen and oxygen atoms in total. The largest absolute Gasteiger partial charge is 0.454 e. The average molecular weight is 288 g/mol. The van der Waals surface area contributed by atoms with Crippen LogP contribution in [-0.2, 0) is 0 Å². The Labute approximate surface area is 119 Å². The lowest BCUT2D eigenvalue weighted by molar-refractivity contribution is 0.174. The molecular weight excluding hydrogens is 276 g/mol. The Hall–Kier alpha value is -3.10. The number of amidine groups is 1. The van der Waals surface area contributed by atoms with Crippen molar-refractivity contribution in [1.82, 2.24) is 10.3 Å². The lowest BCUT2D eigenvalue weighted by atomic mass is 10.1. The molecule has 21 heavy (non-hydrogen) atoms. The van der Waals surface area contributed by atoms with Gasteiger partial charge in [0.15, 0.2) is 28.8 Å². The fourth-order valence-electron chi connectivity index (χ4n) is 1.73. The van der Waals surface area contributed by atoms with Crippen LogP contribution < -0.4 is 20.9 Å². The van der Waals surface area contributed by atoms with Crippen molar-refractivity contribution in [2.75, 3.05) is 12.5 Å². The van der Waals surface area contributed by atoms with Crippen molar-refractivity contribution in [1.29, 1.82) is 0 Å². The van der Waals surface area contributed by atoms with Gasteiger partial charge in [0, 0.05) is 5.56 Å². The topological polar surface area (TPSA) is 134 Å². The van der Waals surface area contributed by atoms with E-state index < -0.39 is 0 Å². The Morgan fingerprint density at radius 1 is 1.19 bits per heavy atom. The van der Waals surface area contributed by atoms with E-state index >= 15 is 0 Å². The molecule has 1 aliphatic heterocycles. The number of hydrogen-bond donors (Lipinski definition) is 2. The van der Waals surface area contributed by atoms with Crippen molar-refractivity contribution in [3.8, 4) is 11.5 Å². The number of aromatic nitrogens is 2. The zero-order valence-electron chi connectivity index (χ0n) is 11.1. The van der Waals surface area contributed by atoms with Crippen LogP contribution in [0, 0.1) is 0 Å². The molecule has 2 aromatic rings. The summed E-state index contributed by atoms with van der Waals surface area (Å²) >= 11 is 0. The van der Waals surface area contributed by atoms with Crippen molar-refractivity contribution in [2.24, 2.45) is 15.9 Å². The molecule has 1 aromatic heterocycles. The van der Waals surface area contributed by atoms with Crippen LogP contribution in [0.4, 0.5) is 5.82 Å². The molecule has 0 atom stereocenters. The fourth-order valence-corrected chi connectivity index (χ4v) is 1.73. The number of fused-ring (bicyclic) bond motifs is 1. The van der Waals surface area contributed by atoms with Crippen molar-refractivity contribution >= 4 is 17.4 Å². The maximum Gasteiger partial charge on any atom is 0.231 e. The van der Waals surface area contributed by atoms with Crippen LogP contribution in [0.2, 0.25) is 0 Å². The van der Waals surface area contributed by atoms with Gasteiger partial charge in [0.1, 0.15) is 0 Å². The molecule has 9 heteroatoms. The summed E-state index contributed by atoms with van der Waals surface area (Å²) in [5, 5.41) is 14.9. The number of anilines is 1. The highest BCUT2D eigenvalue weighted by molar-refractivity contribution is 6.02. The van der Waals surface area contributed by atoms with Gasteiger partial charge in [-0.15, -0.1) is 5.10 Å². The zero-order valence-corrected chi connectivity index (χ0v) is 11.1. The fraction of sp³-hybridized carbons (Fsp3) is 0.167. The van der Waals surface area contributed by atoms with Gasteiger partial charge in [-0.1, -0.05) is 0 Å². The van der Waals surface area contributed by atoms with E-state index in [1.807, 2.05) is 18.2 Å². The SMILES string of the molecule is C/C(=N/N=C(/N)c1nonc1N)c1ccc2c(c1)OCO2. The lowest BCUT2D eigenvalue weighted by Gasteiger charge is -2.01. The van der Waals surface area contributed by atoms with E-state index in [1.165, 1.54) is 0 Å².